The molecule has 1 N–H and O–H groups in total. The van der Waals surface area contributed by atoms with E-state index in [1.54, 1.807) is 31.2 Å². The van der Waals surface area contributed by atoms with Gasteiger partial charge in [0.15, 0.2) is 0 Å². The van der Waals surface area contributed by atoms with E-state index < -0.39 is 16.1 Å². The van der Waals surface area contributed by atoms with Crippen LogP contribution < -0.4 is 14.4 Å². The van der Waals surface area contributed by atoms with Gasteiger partial charge in [0, 0.05) is 25.6 Å². The van der Waals surface area contributed by atoms with Crippen LogP contribution in [0.15, 0.2) is 42.5 Å². The number of nitrogens with zero attached hydrogens (tertiary/aromatic N) is 2. The highest BCUT2D eigenvalue weighted by molar-refractivity contribution is 7.92. The molecule has 0 saturated heterocycles. The van der Waals surface area contributed by atoms with Crippen LogP contribution >= 0.6 is 11.6 Å². The van der Waals surface area contributed by atoms with Gasteiger partial charge in [0.25, 0.3) is 0 Å². The molecule has 0 aromatic heterocycles. The lowest BCUT2D eigenvalue weighted by atomic mass is 9.95. The van der Waals surface area contributed by atoms with Crippen LogP contribution in [0.2, 0.25) is 5.02 Å². The molecule has 1 aliphatic rings. The number of carbonyl (C=O) groups is 2. The first-order valence-corrected chi connectivity index (χ1v) is 15.4. The average Bonchev–Trinajstić information content (AvgIpc) is 2.90. The SMILES string of the molecule is COc1ccc(N(CCCC(=O)N(Cc2ccc(F)cc2)C(C)C(=O)NC2CCCCC2)S(C)(=O)=O)cc1Cl. The quantitative estimate of drug-likeness (QED) is 0.385. The van der Waals surface area contributed by atoms with Crippen molar-refractivity contribution >= 4 is 39.1 Å². The zero-order chi connectivity index (χ0) is 28.6. The maximum atomic E-state index is 13.5. The molecule has 0 heterocycles. The number of sulfonamides is 1. The Bertz CT molecular complexity index is 1240. The first-order chi connectivity index (χ1) is 18.5. The molecule has 2 aromatic rings. The number of methoxy groups -OCH3 is 1. The second-order valence-electron chi connectivity index (χ2n) is 9.93. The second-order valence-corrected chi connectivity index (χ2v) is 12.2. The fourth-order valence-corrected chi connectivity index (χ4v) is 5.96. The minimum absolute atomic E-state index is 0.0121. The van der Waals surface area contributed by atoms with Crippen molar-refractivity contribution in [1.29, 1.82) is 0 Å². The zero-order valence-electron chi connectivity index (χ0n) is 22.7. The first kappa shape index (κ1) is 30.7. The van der Waals surface area contributed by atoms with Crippen LogP contribution in [-0.2, 0) is 26.2 Å². The minimum atomic E-state index is -3.66. The third-order valence-electron chi connectivity index (χ3n) is 6.96. The normalized spacial score (nSPS) is 14.9. The number of hydrogen-bond acceptors (Lipinski definition) is 5. The molecule has 3 rings (SSSR count). The molecule has 11 heteroatoms. The number of nitrogens with one attached hydrogen (secondary N) is 1. The topological polar surface area (TPSA) is 96.0 Å². The van der Waals surface area contributed by atoms with Crippen LogP contribution in [0.1, 0.15) is 57.4 Å². The van der Waals surface area contributed by atoms with Crippen LogP contribution in [-0.4, -0.2) is 57.1 Å². The van der Waals surface area contributed by atoms with E-state index in [1.165, 1.54) is 34.5 Å². The molecule has 0 radical (unpaired) electrons. The van der Waals surface area contributed by atoms with Gasteiger partial charge in [-0.3, -0.25) is 13.9 Å². The number of carbonyl (C=O) groups excluding carboxylic acids is 2. The molecular formula is C28H37ClFN3O5S. The summed E-state index contributed by atoms with van der Waals surface area (Å²) >= 11 is 6.20. The average molecular weight is 582 g/mol. The van der Waals surface area contributed by atoms with Crippen molar-refractivity contribution in [2.45, 2.75) is 70.5 Å². The Kier molecular flexibility index (Phi) is 11.0. The van der Waals surface area contributed by atoms with Gasteiger partial charge in [0.2, 0.25) is 21.8 Å². The number of anilines is 1. The fourth-order valence-electron chi connectivity index (χ4n) is 4.75. The van der Waals surface area contributed by atoms with E-state index in [4.69, 9.17) is 16.3 Å². The van der Waals surface area contributed by atoms with E-state index in [-0.39, 0.29) is 54.6 Å². The van der Waals surface area contributed by atoms with Gasteiger partial charge in [-0.2, -0.15) is 0 Å². The molecule has 8 nitrogen and oxygen atoms in total. The van der Waals surface area contributed by atoms with Gasteiger partial charge in [0.05, 0.1) is 24.1 Å². The third kappa shape index (κ3) is 8.83. The van der Waals surface area contributed by atoms with Crippen LogP contribution in [0.25, 0.3) is 0 Å². The molecule has 2 amide bonds. The summed E-state index contributed by atoms with van der Waals surface area (Å²) in [5, 5.41) is 3.34. The summed E-state index contributed by atoms with van der Waals surface area (Å²) in [4.78, 5) is 28.0. The zero-order valence-corrected chi connectivity index (χ0v) is 24.2. The lowest BCUT2D eigenvalue weighted by molar-refractivity contribution is -0.141. The van der Waals surface area contributed by atoms with E-state index in [0.717, 1.165) is 38.4 Å². The predicted octanol–water partition coefficient (Wildman–Crippen LogP) is 4.90. The highest BCUT2D eigenvalue weighted by Gasteiger charge is 2.28. The number of benzene rings is 2. The van der Waals surface area contributed by atoms with Crippen molar-refractivity contribution in [2.75, 3.05) is 24.2 Å². The van der Waals surface area contributed by atoms with E-state index >= 15 is 0 Å². The fraction of sp³-hybridized carbons (Fsp3) is 0.500. The van der Waals surface area contributed by atoms with Gasteiger partial charge in [-0.25, -0.2) is 12.8 Å². The van der Waals surface area contributed by atoms with Crippen LogP contribution in [0.5, 0.6) is 5.75 Å². The number of rotatable bonds is 12. The molecule has 0 bridgehead atoms. The second kappa shape index (κ2) is 14.0. The summed E-state index contributed by atoms with van der Waals surface area (Å²) in [7, 11) is -2.19. The van der Waals surface area contributed by atoms with Crippen molar-refractivity contribution in [1.82, 2.24) is 10.2 Å². The lowest BCUT2D eigenvalue weighted by Gasteiger charge is -2.31. The van der Waals surface area contributed by atoms with E-state index in [2.05, 4.69) is 5.32 Å². The lowest BCUT2D eigenvalue weighted by Crippen LogP contribution is -2.50. The highest BCUT2D eigenvalue weighted by Crippen LogP contribution is 2.30. The Hall–Kier alpha value is -2.85. The van der Waals surface area contributed by atoms with E-state index in [9.17, 15) is 22.4 Å². The smallest absolute Gasteiger partial charge is 0.242 e. The Morgan fingerprint density at radius 2 is 1.79 bits per heavy atom. The number of halogens is 2. The van der Waals surface area contributed by atoms with Crippen molar-refractivity contribution in [3.05, 3.63) is 58.9 Å². The van der Waals surface area contributed by atoms with E-state index in [0.29, 0.717) is 17.0 Å². The number of hydrogen-bond donors (Lipinski definition) is 1. The van der Waals surface area contributed by atoms with Crippen molar-refractivity contribution in [3.63, 3.8) is 0 Å². The Morgan fingerprint density at radius 3 is 2.38 bits per heavy atom. The van der Waals surface area contributed by atoms with Crippen molar-refractivity contribution < 1.29 is 27.1 Å². The van der Waals surface area contributed by atoms with Crippen LogP contribution in [0.4, 0.5) is 10.1 Å². The maximum Gasteiger partial charge on any atom is 0.242 e. The molecule has 0 spiro atoms. The summed E-state index contributed by atoms with van der Waals surface area (Å²) in [6.07, 6.45) is 6.43. The molecule has 39 heavy (non-hydrogen) atoms. The molecule has 1 fully saturated rings. The molecule has 2 aromatic carbocycles. The molecule has 0 aliphatic heterocycles. The number of amides is 2. The summed E-state index contributed by atoms with van der Waals surface area (Å²) in [5.41, 5.74) is 1.05. The summed E-state index contributed by atoms with van der Waals surface area (Å²) < 4.78 is 44.9. The highest BCUT2D eigenvalue weighted by atomic mass is 35.5. The van der Waals surface area contributed by atoms with Gasteiger partial charge in [-0.15, -0.1) is 0 Å². The van der Waals surface area contributed by atoms with Gasteiger partial charge in [-0.1, -0.05) is 43.0 Å². The summed E-state index contributed by atoms with van der Waals surface area (Å²) in [5.74, 6) is -0.505. The van der Waals surface area contributed by atoms with Crippen molar-refractivity contribution in [2.24, 2.45) is 0 Å². The maximum absolute atomic E-state index is 13.5. The molecule has 1 saturated carbocycles. The molecule has 1 unspecified atom stereocenters. The summed E-state index contributed by atoms with van der Waals surface area (Å²) in [6, 6.07) is 9.81. The predicted molar refractivity (Wildman–Crippen MR) is 151 cm³/mol. The molecule has 1 aliphatic carbocycles. The molecular weight excluding hydrogens is 545 g/mol. The van der Waals surface area contributed by atoms with Gasteiger partial charge in [-0.05, 0) is 62.1 Å². The largest absolute Gasteiger partial charge is 0.495 e. The van der Waals surface area contributed by atoms with Gasteiger partial charge in [0.1, 0.15) is 17.6 Å². The van der Waals surface area contributed by atoms with Crippen molar-refractivity contribution in [3.8, 4) is 5.75 Å². The van der Waals surface area contributed by atoms with Gasteiger partial charge < -0.3 is 15.0 Å². The van der Waals surface area contributed by atoms with Crippen LogP contribution in [0, 0.1) is 5.82 Å². The van der Waals surface area contributed by atoms with E-state index in [1.807, 2.05) is 0 Å². The van der Waals surface area contributed by atoms with Gasteiger partial charge >= 0.3 is 0 Å². The Morgan fingerprint density at radius 1 is 1.13 bits per heavy atom. The summed E-state index contributed by atoms with van der Waals surface area (Å²) in [6.45, 7) is 1.85. The Labute approximate surface area is 235 Å². The molecule has 1 atom stereocenters. The minimum Gasteiger partial charge on any atom is -0.495 e. The van der Waals surface area contributed by atoms with Crippen LogP contribution in [0.3, 0.4) is 0 Å². The Balaban J connectivity index is 1.72. The monoisotopic (exact) mass is 581 g/mol. The third-order valence-corrected chi connectivity index (χ3v) is 8.45. The number of ether oxygens (including phenoxy) is 1. The standard InChI is InChI=1S/C28H37ClFN3O5S/c1-20(28(35)31-23-8-5-4-6-9-23)32(19-21-11-13-22(30)14-12-21)27(34)10-7-17-33(39(3,36)37)24-15-16-26(38-2)25(29)18-24/h11-16,18,20,23H,4-10,17,19H2,1-3H3,(H,31,35). The first-order valence-electron chi connectivity index (χ1n) is 13.1. The molecule has 214 valence electrons.